The van der Waals surface area contributed by atoms with E-state index in [-0.39, 0.29) is 30.2 Å². The molecule has 0 saturated heterocycles. The van der Waals surface area contributed by atoms with Gasteiger partial charge in [0.05, 0.1) is 17.0 Å². The van der Waals surface area contributed by atoms with Crippen molar-refractivity contribution >= 4 is 29.3 Å². The molecule has 0 radical (unpaired) electrons. The molecule has 114 valence electrons. The van der Waals surface area contributed by atoms with Gasteiger partial charge in [-0.1, -0.05) is 19.3 Å². The van der Waals surface area contributed by atoms with E-state index in [2.05, 4.69) is 5.32 Å². The second kappa shape index (κ2) is 7.45. The molecule has 2 aliphatic rings. The van der Waals surface area contributed by atoms with Crippen LogP contribution < -0.4 is 5.32 Å². The van der Waals surface area contributed by atoms with Crippen LogP contribution in [0.5, 0.6) is 0 Å². The van der Waals surface area contributed by atoms with Gasteiger partial charge in [-0.3, -0.25) is 14.4 Å². The topological polar surface area (TPSA) is 83.5 Å². The van der Waals surface area contributed by atoms with Gasteiger partial charge in [-0.2, -0.15) is 0 Å². The molecule has 0 bridgehead atoms. The molecule has 0 spiro atoms. The summed E-state index contributed by atoms with van der Waals surface area (Å²) in [6.45, 7) is 0.138. The second-order valence-electron chi connectivity index (χ2n) is 5.24. The number of carbonyl (C=O) groups is 3. The van der Waals surface area contributed by atoms with Crippen molar-refractivity contribution in [3.05, 3.63) is 22.8 Å². The van der Waals surface area contributed by atoms with Crippen LogP contribution in [0, 0.1) is 0 Å². The van der Waals surface area contributed by atoms with Crippen molar-refractivity contribution in [2.75, 3.05) is 6.54 Å². The Bertz CT molecular complexity index is 504. The van der Waals surface area contributed by atoms with Crippen molar-refractivity contribution < 1.29 is 19.5 Å². The van der Waals surface area contributed by atoms with Gasteiger partial charge < -0.3 is 10.4 Å². The Balaban J connectivity index is 1.90. The van der Waals surface area contributed by atoms with E-state index in [9.17, 15) is 14.4 Å². The number of carbonyl (C=O) groups excluding carboxylic acids is 2. The summed E-state index contributed by atoms with van der Waals surface area (Å²) in [4.78, 5) is 34.9. The summed E-state index contributed by atoms with van der Waals surface area (Å²) >= 11 is 1.51. The standard InChI is InChI=1S/C15H19NO4S/c17-12-9-14(21-10-4-2-1-3-5-10)13(18)8-11(12)16-7-6-15(19)20/h8-10,16H,1-7H2,(H,19,20). The molecule has 0 atom stereocenters. The Labute approximate surface area is 127 Å². The lowest BCUT2D eigenvalue weighted by atomic mass is 10.0. The third-order valence-electron chi connectivity index (χ3n) is 3.55. The minimum Gasteiger partial charge on any atom is -0.481 e. The molecule has 0 amide bonds. The van der Waals surface area contributed by atoms with Crippen molar-refractivity contribution in [2.24, 2.45) is 0 Å². The van der Waals surface area contributed by atoms with Crippen LogP contribution in [-0.4, -0.2) is 34.4 Å². The summed E-state index contributed by atoms with van der Waals surface area (Å²) in [5.74, 6) is -1.36. The summed E-state index contributed by atoms with van der Waals surface area (Å²) in [6.07, 6.45) is 8.39. The van der Waals surface area contributed by atoms with E-state index in [1.807, 2.05) is 0 Å². The predicted octanol–water partition coefficient (Wildman–Crippen LogP) is 2.04. The number of hydrogen-bond acceptors (Lipinski definition) is 5. The van der Waals surface area contributed by atoms with Gasteiger partial charge in [0.15, 0.2) is 5.78 Å². The fourth-order valence-electron chi connectivity index (χ4n) is 2.44. The molecule has 1 fully saturated rings. The maximum Gasteiger partial charge on any atom is 0.305 e. The van der Waals surface area contributed by atoms with Crippen molar-refractivity contribution in [3.63, 3.8) is 0 Å². The molecule has 0 aromatic carbocycles. The number of rotatable bonds is 6. The maximum absolute atomic E-state index is 12.0. The number of hydrogen-bond donors (Lipinski definition) is 2. The van der Waals surface area contributed by atoms with Crippen LogP contribution in [0.1, 0.15) is 38.5 Å². The van der Waals surface area contributed by atoms with Crippen LogP contribution in [0.4, 0.5) is 0 Å². The molecule has 0 aliphatic heterocycles. The van der Waals surface area contributed by atoms with Crippen molar-refractivity contribution in [1.29, 1.82) is 0 Å². The normalized spacial score (nSPS) is 20.0. The van der Waals surface area contributed by atoms with E-state index in [1.165, 1.54) is 43.2 Å². The van der Waals surface area contributed by atoms with Gasteiger partial charge in [0.1, 0.15) is 0 Å². The second-order valence-corrected chi connectivity index (χ2v) is 6.59. The van der Waals surface area contributed by atoms with E-state index in [1.54, 1.807) is 0 Å². The largest absolute Gasteiger partial charge is 0.481 e. The SMILES string of the molecule is O=C(O)CCNC1=CC(=O)C(SC2CCCCC2)=CC1=O. The van der Waals surface area contributed by atoms with Gasteiger partial charge >= 0.3 is 5.97 Å². The van der Waals surface area contributed by atoms with Crippen LogP contribution in [0.15, 0.2) is 22.8 Å². The van der Waals surface area contributed by atoms with E-state index < -0.39 is 5.97 Å². The molecule has 2 aliphatic carbocycles. The van der Waals surface area contributed by atoms with E-state index in [0.29, 0.717) is 10.2 Å². The molecule has 2 N–H and O–H groups in total. The molecule has 0 unspecified atom stereocenters. The van der Waals surface area contributed by atoms with E-state index in [0.717, 1.165) is 12.8 Å². The number of nitrogens with one attached hydrogen (secondary N) is 1. The van der Waals surface area contributed by atoms with Crippen molar-refractivity contribution in [3.8, 4) is 0 Å². The third-order valence-corrected chi connectivity index (χ3v) is 4.92. The smallest absolute Gasteiger partial charge is 0.305 e. The lowest BCUT2D eigenvalue weighted by Gasteiger charge is -2.22. The lowest BCUT2D eigenvalue weighted by molar-refractivity contribution is -0.136. The number of carboxylic acid groups (broad SMARTS) is 1. The Morgan fingerprint density at radius 3 is 2.57 bits per heavy atom. The van der Waals surface area contributed by atoms with Crippen LogP contribution >= 0.6 is 11.8 Å². The van der Waals surface area contributed by atoms with Gasteiger partial charge in [0, 0.05) is 23.9 Å². The maximum atomic E-state index is 12.0. The zero-order valence-corrected chi connectivity index (χ0v) is 12.6. The first kappa shape index (κ1) is 15.8. The molecule has 0 aromatic rings. The van der Waals surface area contributed by atoms with Gasteiger partial charge in [0.25, 0.3) is 0 Å². The first-order valence-corrected chi connectivity index (χ1v) is 8.08. The number of allylic oxidation sites excluding steroid dienone is 3. The van der Waals surface area contributed by atoms with Gasteiger partial charge in [0.2, 0.25) is 5.78 Å². The Morgan fingerprint density at radius 1 is 1.19 bits per heavy atom. The fourth-order valence-corrected chi connectivity index (χ4v) is 3.72. The molecule has 1 saturated carbocycles. The van der Waals surface area contributed by atoms with Gasteiger partial charge in [-0.15, -0.1) is 11.8 Å². The third kappa shape index (κ3) is 4.74. The van der Waals surface area contributed by atoms with Crippen molar-refractivity contribution in [1.82, 2.24) is 5.32 Å². The molecule has 2 rings (SSSR count). The monoisotopic (exact) mass is 309 g/mol. The van der Waals surface area contributed by atoms with Crippen LogP contribution in [-0.2, 0) is 14.4 Å². The molecule has 5 nitrogen and oxygen atoms in total. The highest BCUT2D eigenvalue weighted by Crippen LogP contribution is 2.34. The predicted molar refractivity (Wildman–Crippen MR) is 80.9 cm³/mol. The highest BCUT2D eigenvalue weighted by molar-refractivity contribution is 8.04. The Morgan fingerprint density at radius 2 is 1.90 bits per heavy atom. The number of ketones is 2. The molecule has 21 heavy (non-hydrogen) atoms. The summed E-state index contributed by atoms with van der Waals surface area (Å²) in [5.41, 5.74) is 0.189. The average molecular weight is 309 g/mol. The highest BCUT2D eigenvalue weighted by Gasteiger charge is 2.24. The minimum atomic E-state index is -0.943. The quantitative estimate of drug-likeness (QED) is 0.731. The average Bonchev–Trinajstić information content (AvgIpc) is 2.45. The highest BCUT2D eigenvalue weighted by atomic mass is 32.2. The molecular formula is C15H19NO4S. The van der Waals surface area contributed by atoms with Crippen LogP contribution in [0.3, 0.4) is 0 Å². The number of carboxylic acids is 1. The van der Waals surface area contributed by atoms with Gasteiger partial charge in [-0.25, -0.2) is 0 Å². The van der Waals surface area contributed by atoms with E-state index >= 15 is 0 Å². The minimum absolute atomic E-state index is 0.0911. The Hall–Kier alpha value is -1.56. The summed E-state index contributed by atoms with van der Waals surface area (Å²) in [6, 6.07) is 0. The Kier molecular flexibility index (Phi) is 5.61. The first-order chi connectivity index (χ1) is 10.1. The molecule has 0 heterocycles. The molecular weight excluding hydrogens is 290 g/mol. The zero-order chi connectivity index (χ0) is 15.2. The molecule has 6 heteroatoms. The lowest BCUT2D eigenvalue weighted by Crippen LogP contribution is -2.26. The zero-order valence-electron chi connectivity index (χ0n) is 11.8. The number of aliphatic carboxylic acids is 1. The summed E-state index contributed by atoms with van der Waals surface area (Å²) < 4.78 is 0. The van der Waals surface area contributed by atoms with Crippen molar-refractivity contribution in [2.45, 2.75) is 43.8 Å². The number of thioether (sulfide) groups is 1. The van der Waals surface area contributed by atoms with E-state index in [4.69, 9.17) is 5.11 Å². The first-order valence-electron chi connectivity index (χ1n) is 7.20. The van der Waals surface area contributed by atoms with Gasteiger partial charge in [-0.05, 0) is 12.8 Å². The molecule has 0 aromatic heterocycles. The fraction of sp³-hybridized carbons (Fsp3) is 0.533. The van der Waals surface area contributed by atoms with Crippen LogP contribution in [0.25, 0.3) is 0 Å². The summed E-state index contributed by atoms with van der Waals surface area (Å²) in [7, 11) is 0. The van der Waals surface area contributed by atoms with Crippen LogP contribution in [0.2, 0.25) is 0 Å². The summed E-state index contributed by atoms with van der Waals surface area (Å²) in [5, 5.41) is 11.7.